The zero-order valence-electron chi connectivity index (χ0n) is 11.3. The standard InChI is InChI=1S/C15H20N2S2/c1-11-15(18-10-12-5-4-8-16-9-12)17-13-6-2-3-7-14(13)19-11/h2-3,6-7,11-12,16H,4-5,8-10H2,1H3. The summed E-state index contributed by atoms with van der Waals surface area (Å²) in [7, 11) is 0. The van der Waals surface area contributed by atoms with E-state index in [4.69, 9.17) is 4.99 Å². The number of nitrogens with zero attached hydrogens (tertiary/aromatic N) is 1. The molecule has 1 aromatic carbocycles. The molecule has 2 nitrogen and oxygen atoms in total. The van der Waals surface area contributed by atoms with Crippen molar-refractivity contribution in [2.24, 2.45) is 10.9 Å². The molecule has 0 saturated carbocycles. The predicted molar refractivity (Wildman–Crippen MR) is 86.9 cm³/mol. The SMILES string of the molecule is CC1Sc2ccccc2N=C1SCC1CCCNC1. The summed E-state index contributed by atoms with van der Waals surface area (Å²) >= 11 is 3.90. The maximum absolute atomic E-state index is 4.85. The highest BCUT2D eigenvalue weighted by atomic mass is 32.2. The molecule has 2 unspecified atom stereocenters. The second-order valence-electron chi connectivity index (χ2n) is 5.20. The van der Waals surface area contributed by atoms with Crippen LogP contribution >= 0.6 is 23.5 Å². The van der Waals surface area contributed by atoms with Crippen LogP contribution in [-0.2, 0) is 0 Å². The van der Waals surface area contributed by atoms with Crippen LogP contribution in [0, 0.1) is 5.92 Å². The minimum Gasteiger partial charge on any atom is -0.316 e. The largest absolute Gasteiger partial charge is 0.316 e. The van der Waals surface area contributed by atoms with Crippen LogP contribution in [0.3, 0.4) is 0 Å². The monoisotopic (exact) mass is 292 g/mol. The first kappa shape index (κ1) is 13.5. The molecule has 2 atom stereocenters. The van der Waals surface area contributed by atoms with Gasteiger partial charge >= 0.3 is 0 Å². The van der Waals surface area contributed by atoms with Crippen LogP contribution in [-0.4, -0.2) is 29.1 Å². The van der Waals surface area contributed by atoms with Crippen LogP contribution in [0.4, 0.5) is 5.69 Å². The van der Waals surface area contributed by atoms with Crippen LogP contribution in [0.2, 0.25) is 0 Å². The third-order valence-corrected chi connectivity index (χ3v) is 6.32. The lowest BCUT2D eigenvalue weighted by Crippen LogP contribution is -2.31. The molecule has 0 radical (unpaired) electrons. The lowest BCUT2D eigenvalue weighted by atomic mass is 10.0. The first-order valence-corrected chi connectivity index (χ1v) is 8.87. The van der Waals surface area contributed by atoms with Gasteiger partial charge in [0.2, 0.25) is 0 Å². The summed E-state index contributed by atoms with van der Waals surface area (Å²) in [5.74, 6) is 2.02. The summed E-state index contributed by atoms with van der Waals surface area (Å²) in [5.41, 5.74) is 1.15. The van der Waals surface area contributed by atoms with E-state index in [0.717, 1.165) is 11.6 Å². The molecule has 19 heavy (non-hydrogen) atoms. The summed E-state index contributed by atoms with van der Waals surface area (Å²) in [4.78, 5) is 6.17. The summed E-state index contributed by atoms with van der Waals surface area (Å²) in [6.45, 7) is 4.64. The van der Waals surface area contributed by atoms with Crippen molar-refractivity contribution >= 4 is 34.3 Å². The zero-order chi connectivity index (χ0) is 13.1. The highest BCUT2D eigenvalue weighted by Gasteiger charge is 2.22. The number of para-hydroxylation sites is 1. The van der Waals surface area contributed by atoms with Crippen molar-refractivity contribution in [3.05, 3.63) is 24.3 Å². The summed E-state index contributed by atoms with van der Waals surface area (Å²) in [6, 6.07) is 8.47. The van der Waals surface area contributed by atoms with E-state index in [2.05, 4.69) is 36.5 Å². The van der Waals surface area contributed by atoms with Gasteiger partial charge < -0.3 is 5.32 Å². The summed E-state index contributed by atoms with van der Waals surface area (Å²) < 4.78 is 0. The van der Waals surface area contributed by atoms with Crippen LogP contribution in [0.15, 0.2) is 34.2 Å². The number of hydrogen-bond acceptors (Lipinski definition) is 4. The Morgan fingerprint density at radius 3 is 3.16 bits per heavy atom. The molecule has 3 rings (SSSR count). The van der Waals surface area contributed by atoms with E-state index in [9.17, 15) is 0 Å². The molecule has 0 bridgehead atoms. The van der Waals surface area contributed by atoms with Crippen molar-refractivity contribution in [1.29, 1.82) is 0 Å². The van der Waals surface area contributed by atoms with Crippen molar-refractivity contribution in [2.75, 3.05) is 18.8 Å². The highest BCUT2D eigenvalue weighted by Crippen LogP contribution is 2.40. The van der Waals surface area contributed by atoms with Gasteiger partial charge in [-0.05, 0) is 50.9 Å². The second-order valence-corrected chi connectivity index (χ2v) is 7.62. The molecule has 0 amide bonds. The fraction of sp³-hybridized carbons (Fsp3) is 0.533. The Bertz CT molecular complexity index is 467. The molecule has 1 fully saturated rings. The summed E-state index contributed by atoms with van der Waals surface area (Å²) in [6.07, 6.45) is 2.69. The molecule has 2 aliphatic rings. The first-order valence-electron chi connectivity index (χ1n) is 7.01. The fourth-order valence-corrected chi connectivity index (χ4v) is 4.88. The van der Waals surface area contributed by atoms with Gasteiger partial charge in [0.05, 0.1) is 16.0 Å². The Morgan fingerprint density at radius 1 is 1.42 bits per heavy atom. The first-order chi connectivity index (χ1) is 9.33. The highest BCUT2D eigenvalue weighted by molar-refractivity contribution is 8.16. The van der Waals surface area contributed by atoms with E-state index in [1.165, 1.54) is 41.6 Å². The number of piperidine rings is 1. The third-order valence-electron chi connectivity index (χ3n) is 3.61. The lowest BCUT2D eigenvalue weighted by molar-refractivity contribution is 0.411. The van der Waals surface area contributed by atoms with Crippen LogP contribution in [0.25, 0.3) is 0 Å². The number of rotatable bonds is 2. The van der Waals surface area contributed by atoms with Gasteiger partial charge in [-0.2, -0.15) is 0 Å². The van der Waals surface area contributed by atoms with E-state index in [-0.39, 0.29) is 0 Å². The van der Waals surface area contributed by atoms with Crippen LogP contribution < -0.4 is 5.32 Å². The van der Waals surface area contributed by atoms with E-state index in [0.29, 0.717) is 5.25 Å². The van der Waals surface area contributed by atoms with Gasteiger partial charge in [-0.3, -0.25) is 0 Å². The molecule has 0 aromatic heterocycles. The van der Waals surface area contributed by atoms with Crippen LogP contribution in [0.1, 0.15) is 19.8 Å². The van der Waals surface area contributed by atoms with Crippen molar-refractivity contribution in [3.63, 3.8) is 0 Å². The molecular weight excluding hydrogens is 272 g/mol. The molecule has 0 aliphatic carbocycles. The summed E-state index contributed by atoms with van der Waals surface area (Å²) in [5, 5.41) is 5.29. The Hall–Kier alpha value is -0.450. The number of benzene rings is 1. The minimum atomic E-state index is 0.497. The molecule has 4 heteroatoms. The normalized spacial score (nSPS) is 26.7. The van der Waals surface area contributed by atoms with Gasteiger partial charge in [0.1, 0.15) is 0 Å². The van der Waals surface area contributed by atoms with Crippen molar-refractivity contribution in [1.82, 2.24) is 5.32 Å². The van der Waals surface area contributed by atoms with Gasteiger partial charge in [-0.25, -0.2) is 4.99 Å². The van der Waals surface area contributed by atoms with E-state index >= 15 is 0 Å². The van der Waals surface area contributed by atoms with Gasteiger partial charge in [-0.1, -0.05) is 12.1 Å². The maximum atomic E-state index is 4.85. The average molecular weight is 292 g/mol. The second kappa shape index (κ2) is 6.33. The molecule has 2 aliphatic heterocycles. The van der Waals surface area contributed by atoms with E-state index in [1.54, 1.807) is 0 Å². The number of aliphatic imine (C=N–C) groups is 1. The van der Waals surface area contributed by atoms with Gasteiger partial charge in [0.25, 0.3) is 0 Å². The molecule has 1 aromatic rings. The number of nitrogens with one attached hydrogen (secondary N) is 1. The molecule has 0 spiro atoms. The smallest absolute Gasteiger partial charge is 0.0870 e. The Labute approximate surface area is 123 Å². The van der Waals surface area contributed by atoms with Gasteiger partial charge in [0.15, 0.2) is 0 Å². The molecule has 2 heterocycles. The molecular formula is C15H20N2S2. The number of hydrogen-bond donors (Lipinski definition) is 1. The minimum absolute atomic E-state index is 0.497. The number of thioether (sulfide) groups is 2. The lowest BCUT2D eigenvalue weighted by Gasteiger charge is -2.25. The van der Waals surface area contributed by atoms with Gasteiger partial charge in [-0.15, -0.1) is 23.5 Å². The quantitative estimate of drug-likeness (QED) is 0.893. The van der Waals surface area contributed by atoms with Crippen molar-refractivity contribution < 1.29 is 0 Å². The number of fused-ring (bicyclic) bond motifs is 1. The van der Waals surface area contributed by atoms with Crippen LogP contribution in [0.5, 0.6) is 0 Å². The van der Waals surface area contributed by atoms with E-state index < -0.39 is 0 Å². The average Bonchev–Trinajstić information content (AvgIpc) is 2.46. The third kappa shape index (κ3) is 3.36. The Kier molecular flexibility index (Phi) is 4.51. The Balaban J connectivity index is 1.65. The zero-order valence-corrected chi connectivity index (χ0v) is 12.9. The topological polar surface area (TPSA) is 24.4 Å². The molecule has 102 valence electrons. The van der Waals surface area contributed by atoms with Crippen molar-refractivity contribution in [3.8, 4) is 0 Å². The Morgan fingerprint density at radius 2 is 2.32 bits per heavy atom. The fourth-order valence-electron chi connectivity index (χ4n) is 2.52. The van der Waals surface area contributed by atoms with Gasteiger partial charge in [0, 0.05) is 10.6 Å². The maximum Gasteiger partial charge on any atom is 0.0870 e. The van der Waals surface area contributed by atoms with E-state index in [1.807, 2.05) is 23.5 Å². The molecule has 1 saturated heterocycles. The molecule has 1 N–H and O–H groups in total. The van der Waals surface area contributed by atoms with Crippen molar-refractivity contribution in [2.45, 2.75) is 29.9 Å². The predicted octanol–water partition coefficient (Wildman–Crippen LogP) is 3.94.